The molecule has 4 heteroatoms. The summed E-state index contributed by atoms with van der Waals surface area (Å²) < 4.78 is 0. The number of nitrogens with zero attached hydrogens (tertiary/aromatic N) is 2. The van der Waals surface area contributed by atoms with Crippen molar-refractivity contribution in [3.05, 3.63) is 29.3 Å². The molecule has 1 saturated heterocycles. The van der Waals surface area contributed by atoms with Crippen LogP contribution in [0.3, 0.4) is 0 Å². The summed E-state index contributed by atoms with van der Waals surface area (Å²) in [6, 6.07) is 6.21. The van der Waals surface area contributed by atoms with E-state index in [9.17, 15) is 4.79 Å². The van der Waals surface area contributed by atoms with Gasteiger partial charge in [0, 0.05) is 39.3 Å². The number of rotatable bonds is 3. The lowest BCUT2D eigenvalue weighted by Crippen LogP contribution is -2.46. The second-order valence-corrected chi connectivity index (χ2v) is 5.40. The summed E-state index contributed by atoms with van der Waals surface area (Å²) in [4.78, 5) is 16.6. The van der Waals surface area contributed by atoms with Crippen LogP contribution in [0.15, 0.2) is 18.2 Å². The first-order valence-corrected chi connectivity index (χ1v) is 7.07. The number of carbonyl (C=O) groups excluding carboxylic acids is 1. The average molecular weight is 259 g/mol. The number of para-hydroxylation sites is 1. The van der Waals surface area contributed by atoms with Gasteiger partial charge in [0.25, 0.3) is 0 Å². The molecule has 0 radical (unpaired) electrons. The quantitative estimate of drug-likeness (QED) is 0.872. The predicted molar refractivity (Wildman–Crippen MR) is 76.5 cm³/mol. The maximum absolute atomic E-state index is 12.2. The Labute approximate surface area is 114 Å². The molecule has 19 heavy (non-hydrogen) atoms. The first-order chi connectivity index (χ1) is 9.25. The van der Waals surface area contributed by atoms with Crippen molar-refractivity contribution in [3.63, 3.8) is 0 Å². The lowest BCUT2D eigenvalue weighted by Gasteiger charge is -2.29. The summed E-state index contributed by atoms with van der Waals surface area (Å²) in [7, 11) is 0. The Morgan fingerprint density at radius 2 is 2.00 bits per heavy atom. The fourth-order valence-electron chi connectivity index (χ4n) is 3.04. The number of nitrogens with one attached hydrogen (secondary N) is 1. The van der Waals surface area contributed by atoms with Crippen molar-refractivity contribution in [3.8, 4) is 0 Å². The van der Waals surface area contributed by atoms with Crippen molar-refractivity contribution in [1.29, 1.82) is 0 Å². The lowest BCUT2D eigenvalue weighted by molar-refractivity contribution is -0.117. The van der Waals surface area contributed by atoms with Gasteiger partial charge in [-0.2, -0.15) is 0 Å². The Bertz CT molecular complexity index is 480. The minimum absolute atomic E-state index is 0.249. The van der Waals surface area contributed by atoms with Crippen LogP contribution in [0.5, 0.6) is 0 Å². The molecule has 1 N–H and O–H groups in total. The van der Waals surface area contributed by atoms with Crippen molar-refractivity contribution in [2.45, 2.75) is 13.3 Å². The first-order valence-electron chi connectivity index (χ1n) is 7.07. The zero-order valence-corrected chi connectivity index (χ0v) is 11.5. The number of fused-ring (bicyclic) bond motifs is 1. The molecule has 2 aliphatic heterocycles. The van der Waals surface area contributed by atoms with Crippen LogP contribution in [0, 0.1) is 6.92 Å². The van der Waals surface area contributed by atoms with E-state index in [2.05, 4.69) is 29.3 Å². The van der Waals surface area contributed by atoms with Crippen LogP contribution in [-0.2, 0) is 11.2 Å². The Morgan fingerprint density at radius 1 is 1.21 bits per heavy atom. The van der Waals surface area contributed by atoms with Crippen LogP contribution in [0.4, 0.5) is 5.69 Å². The van der Waals surface area contributed by atoms with Gasteiger partial charge in [-0.15, -0.1) is 0 Å². The molecule has 4 nitrogen and oxygen atoms in total. The van der Waals surface area contributed by atoms with E-state index in [1.165, 1.54) is 11.1 Å². The van der Waals surface area contributed by atoms with Gasteiger partial charge in [0.2, 0.25) is 5.91 Å². The van der Waals surface area contributed by atoms with Gasteiger partial charge in [-0.25, -0.2) is 0 Å². The highest BCUT2D eigenvalue weighted by molar-refractivity contribution is 6.02. The standard InChI is InChI=1S/C15H21N3O/c1-12-3-2-4-13-11-14(19)18(15(12)13)10-9-17-7-5-16-6-8-17/h2-4,16H,5-11H2,1H3. The normalized spacial score (nSPS) is 19.8. The molecular formula is C15H21N3O. The highest BCUT2D eigenvalue weighted by Crippen LogP contribution is 2.31. The Kier molecular flexibility index (Phi) is 3.53. The van der Waals surface area contributed by atoms with Crippen molar-refractivity contribution in [2.75, 3.05) is 44.2 Å². The van der Waals surface area contributed by atoms with Crippen molar-refractivity contribution in [1.82, 2.24) is 10.2 Å². The number of hydrogen-bond acceptors (Lipinski definition) is 3. The minimum Gasteiger partial charge on any atom is -0.314 e. The summed E-state index contributed by atoms with van der Waals surface area (Å²) in [5.74, 6) is 0.249. The zero-order chi connectivity index (χ0) is 13.2. The van der Waals surface area contributed by atoms with Crippen LogP contribution in [0.25, 0.3) is 0 Å². The summed E-state index contributed by atoms with van der Waals surface area (Å²) in [5, 5.41) is 3.35. The smallest absolute Gasteiger partial charge is 0.231 e. The van der Waals surface area contributed by atoms with E-state index in [-0.39, 0.29) is 5.91 Å². The lowest BCUT2D eigenvalue weighted by atomic mass is 10.1. The van der Waals surface area contributed by atoms with Crippen LogP contribution >= 0.6 is 0 Å². The third kappa shape index (κ3) is 2.51. The van der Waals surface area contributed by atoms with Crippen LogP contribution in [0.2, 0.25) is 0 Å². The molecular weight excluding hydrogens is 238 g/mol. The van der Waals surface area contributed by atoms with Gasteiger partial charge in [0.1, 0.15) is 0 Å². The van der Waals surface area contributed by atoms with E-state index in [0.29, 0.717) is 6.42 Å². The fourth-order valence-corrected chi connectivity index (χ4v) is 3.04. The van der Waals surface area contributed by atoms with Crippen molar-refractivity contribution >= 4 is 11.6 Å². The van der Waals surface area contributed by atoms with Crippen LogP contribution in [-0.4, -0.2) is 50.1 Å². The molecule has 3 rings (SSSR count). The average Bonchev–Trinajstić information content (AvgIpc) is 2.75. The molecule has 0 unspecified atom stereocenters. The van der Waals surface area contributed by atoms with E-state index in [4.69, 9.17) is 0 Å². The van der Waals surface area contributed by atoms with E-state index < -0.39 is 0 Å². The third-order valence-electron chi connectivity index (χ3n) is 4.08. The number of anilines is 1. The molecule has 1 aromatic rings. The molecule has 1 amide bonds. The predicted octanol–water partition coefficient (Wildman–Crippen LogP) is 0.789. The topological polar surface area (TPSA) is 35.6 Å². The van der Waals surface area contributed by atoms with Gasteiger partial charge in [0.05, 0.1) is 12.1 Å². The second kappa shape index (κ2) is 5.31. The van der Waals surface area contributed by atoms with Gasteiger partial charge >= 0.3 is 0 Å². The second-order valence-electron chi connectivity index (χ2n) is 5.40. The highest BCUT2D eigenvalue weighted by Gasteiger charge is 2.28. The molecule has 2 heterocycles. The Hall–Kier alpha value is -1.39. The molecule has 0 bridgehead atoms. The highest BCUT2D eigenvalue weighted by atomic mass is 16.2. The molecule has 0 spiro atoms. The van der Waals surface area contributed by atoms with E-state index in [1.54, 1.807) is 0 Å². The zero-order valence-electron chi connectivity index (χ0n) is 11.5. The van der Waals surface area contributed by atoms with Gasteiger partial charge in [-0.3, -0.25) is 9.69 Å². The number of aryl methyl sites for hydroxylation is 1. The molecule has 0 aliphatic carbocycles. The molecule has 0 atom stereocenters. The van der Waals surface area contributed by atoms with E-state index in [0.717, 1.165) is 45.0 Å². The van der Waals surface area contributed by atoms with Crippen molar-refractivity contribution in [2.24, 2.45) is 0 Å². The van der Waals surface area contributed by atoms with Crippen LogP contribution < -0.4 is 10.2 Å². The minimum atomic E-state index is 0.249. The van der Waals surface area contributed by atoms with Gasteiger partial charge in [0.15, 0.2) is 0 Å². The van der Waals surface area contributed by atoms with Crippen LogP contribution in [0.1, 0.15) is 11.1 Å². The maximum atomic E-state index is 12.2. The molecule has 1 aromatic carbocycles. The van der Waals surface area contributed by atoms with Gasteiger partial charge in [-0.1, -0.05) is 18.2 Å². The molecule has 0 saturated carbocycles. The molecule has 1 fully saturated rings. The summed E-state index contributed by atoms with van der Waals surface area (Å²) in [5.41, 5.74) is 3.55. The number of benzene rings is 1. The summed E-state index contributed by atoms with van der Waals surface area (Å²) >= 11 is 0. The molecule has 0 aromatic heterocycles. The number of hydrogen-bond donors (Lipinski definition) is 1. The Balaban J connectivity index is 1.70. The number of amides is 1. The SMILES string of the molecule is Cc1cccc2c1N(CCN1CCNCC1)C(=O)C2. The largest absolute Gasteiger partial charge is 0.314 e. The summed E-state index contributed by atoms with van der Waals surface area (Å²) in [6.07, 6.45) is 0.568. The number of piperazine rings is 1. The van der Waals surface area contributed by atoms with Gasteiger partial charge in [-0.05, 0) is 18.1 Å². The number of carbonyl (C=O) groups is 1. The fraction of sp³-hybridized carbons (Fsp3) is 0.533. The van der Waals surface area contributed by atoms with E-state index in [1.807, 2.05) is 11.0 Å². The maximum Gasteiger partial charge on any atom is 0.231 e. The Morgan fingerprint density at radius 3 is 2.79 bits per heavy atom. The van der Waals surface area contributed by atoms with Crippen molar-refractivity contribution < 1.29 is 4.79 Å². The third-order valence-corrected chi connectivity index (χ3v) is 4.08. The van der Waals surface area contributed by atoms with E-state index >= 15 is 0 Å². The first kappa shape index (κ1) is 12.6. The van der Waals surface area contributed by atoms with Gasteiger partial charge < -0.3 is 10.2 Å². The molecule has 102 valence electrons. The molecule has 2 aliphatic rings. The summed E-state index contributed by atoms with van der Waals surface area (Å²) in [6.45, 7) is 8.17. The monoisotopic (exact) mass is 259 g/mol.